The molecule has 0 bridgehead atoms. The monoisotopic (exact) mass is 264 g/mol. The van der Waals surface area contributed by atoms with Gasteiger partial charge in [0.05, 0.1) is 6.61 Å². The third-order valence-electron chi connectivity index (χ3n) is 3.12. The van der Waals surface area contributed by atoms with Crippen molar-refractivity contribution in [1.82, 2.24) is 10.2 Å². The minimum absolute atomic E-state index is 0.403. The molecular formula is C16H28N2O. The lowest BCUT2D eigenvalue weighted by Crippen LogP contribution is -2.42. The highest BCUT2D eigenvalue weighted by atomic mass is 16.5. The Kier molecular flexibility index (Phi) is 7.72. The van der Waals surface area contributed by atoms with Crippen molar-refractivity contribution in [3.05, 3.63) is 35.4 Å². The quantitative estimate of drug-likeness (QED) is 0.741. The highest BCUT2D eigenvalue weighted by Crippen LogP contribution is 2.07. The zero-order valence-corrected chi connectivity index (χ0v) is 12.8. The molecule has 0 saturated carbocycles. The fourth-order valence-electron chi connectivity index (χ4n) is 2.29. The van der Waals surface area contributed by atoms with Crippen LogP contribution in [0.4, 0.5) is 0 Å². The van der Waals surface area contributed by atoms with Gasteiger partial charge in [-0.2, -0.15) is 0 Å². The first-order chi connectivity index (χ1) is 9.15. The van der Waals surface area contributed by atoms with Crippen molar-refractivity contribution in [3.63, 3.8) is 0 Å². The van der Waals surface area contributed by atoms with Crippen molar-refractivity contribution in [1.29, 1.82) is 0 Å². The summed E-state index contributed by atoms with van der Waals surface area (Å²) in [6, 6.07) is 9.11. The molecule has 0 saturated heterocycles. The molecule has 0 radical (unpaired) electrons. The maximum atomic E-state index is 5.28. The van der Waals surface area contributed by atoms with Crippen LogP contribution in [0.1, 0.15) is 24.5 Å². The van der Waals surface area contributed by atoms with E-state index >= 15 is 0 Å². The average Bonchev–Trinajstić information content (AvgIpc) is 2.36. The standard InChI is InChI=1S/C16H28N2O/c1-5-9-17-16(13-19-4)12-18(3)11-15-8-6-7-14(2)10-15/h6-8,10,16-17H,5,9,11-13H2,1-4H3. The third kappa shape index (κ3) is 6.71. The van der Waals surface area contributed by atoms with Crippen molar-refractivity contribution in [2.45, 2.75) is 32.9 Å². The van der Waals surface area contributed by atoms with Gasteiger partial charge in [0.2, 0.25) is 0 Å². The lowest BCUT2D eigenvalue weighted by molar-refractivity contribution is 0.144. The van der Waals surface area contributed by atoms with Crippen molar-refractivity contribution >= 4 is 0 Å². The Morgan fingerprint density at radius 3 is 2.79 bits per heavy atom. The largest absolute Gasteiger partial charge is 0.383 e. The van der Waals surface area contributed by atoms with Crippen LogP contribution in [0.5, 0.6) is 0 Å². The molecule has 1 rings (SSSR count). The molecule has 0 aliphatic rings. The first-order valence-corrected chi connectivity index (χ1v) is 7.12. The van der Waals surface area contributed by atoms with Crippen molar-refractivity contribution in [2.75, 3.05) is 33.9 Å². The highest BCUT2D eigenvalue weighted by Gasteiger charge is 2.10. The lowest BCUT2D eigenvalue weighted by atomic mass is 10.1. The number of nitrogens with one attached hydrogen (secondary N) is 1. The average molecular weight is 264 g/mol. The topological polar surface area (TPSA) is 24.5 Å². The van der Waals surface area contributed by atoms with Crippen LogP contribution in [0.25, 0.3) is 0 Å². The van der Waals surface area contributed by atoms with E-state index in [1.165, 1.54) is 11.1 Å². The van der Waals surface area contributed by atoms with Crippen LogP contribution in [0, 0.1) is 6.92 Å². The van der Waals surface area contributed by atoms with Crippen molar-refractivity contribution < 1.29 is 4.74 Å². The van der Waals surface area contributed by atoms with E-state index in [1.54, 1.807) is 7.11 Å². The molecule has 0 aliphatic heterocycles. The van der Waals surface area contributed by atoms with Gasteiger partial charge in [0, 0.05) is 26.2 Å². The molecule has 0 spiro atoms. The van der Waals surface area contributed by atoms with Gasteiger partial charge < -0.3 is 15.0 Å². The van der Waals surface area contributed by atoms with Crippen LogP contribution in [-0.2, 0) is 11.3 Å². The van der Waals surface area contributed by atoms with E-state index < -0.39 is 0 Å². The van der Waals surface area contributed by atoms with Crippen LogP contribution < -0.4 is 5.32 Å². The van der Waals surface area contributed by atoms with Gasteiger partial charge in [-0.05, 0) is 32.5 Å². The van der Waals surface area contributed by atoms with Crippen molar-refractivity contribution in [3.8, 4) is 0 Å². The number of rotatable bonds is 9. The number of nitrogens with zero attached hydrogens (tertiary/aromatic N) is 1. The molecule has 0 aliphatic carbocycles. The van der Waals surface area contributed by atoms with E-state index in [0.717, 1.165) is 32.7 Å². The molecule has 0 fully saturated rings. The fourth-order valence-corrected chi connectivity index (χ4v) is 2.29. The van der Waals surface area contributed by atoms with Crippen LogP contribution >= 0.6 is 0 Å². The molecule has 1 atom stereocenters. The van der Waals surface area contributed by atoms with Gasteiger partial charge in [-0.25, -0.2) is 0 Å². The minimum Gasteiger partial charge on any atom is -0.383 e. The Balaban J connectivity index is 2.44. The molecule has 1 N–H and O–H groups in total. The van der Waals surface area contributed by atoms with Gasteiger partial charge in [-0.3, -0.25) is 0 Å². The van der Waals surface area contributed by atoms with Gasteiger partial charge in [0.15, 0.2) is 0 Å². The van der Waals surface area contributed by atoms with E-state index in [1.807, 2.05) is 0 Å². The number of aryl methyl sites for hydroxylation is 1. The number of methoxy groups -OCH3 is 1. The summed E-state index contributed by atoms with van der Waals surface area (Å²) in [7, 11) is 3.93. The summed E-state index contributed by atoms with van der Waals surface area (Å²) < 4.78 is 5.28. The number of hydrogen-bond donors (Lipinski definition) is 1. The van der Waals surface area contributed by atoms with Crippen LogP contribution in [-0.4, -0.2) is 44.8 Å². The Bertz CT molecular complexity index is 354. The molecule has 0 amide bonds. The van der Waals surface area contributed by atoms with Gasteiger partial charge >= 0.3 is 0 Å². The zero-order chi connectivity index (χ0) is 14.1. The molecule has 1 unspecified atom stereocenters. The zero-order valence-electron chi connectivity index (χ0n) is 12.8. The van der Waals surface area contributed by atoms with Crippen LogP contribution in [0.3, 0.4) is 0 Å². The predicted octanol–water partition coefficient (Wildman–Crippen LogP) is 2.44. The van der Waals surface area contributed by atoms with E-state index in [4.69, 9.17) is 4.74 Å². The molecule has 0 aromatic heterocycles. The smallest absolute Gasteiger partial charge is 0.0628 e. The summed E-state index contributed by atoms with van der Waals surface area (Å²) in [5.74, 6) is 0. The summed E-state index contributed by atoms with van der Waals surface area (Å²) in [5.41, 5.74) is 2.69. The molecule has 3 nitrogen and oxygen atoms in total. The lowest BCUT2D eigenvalue weighted by Gasteiger charge is -2.24. The minimum atomic E-state index is 0.403. The van der Waals surface area contributed by atoms with E-state index in [-0.39, 0.29) is 0 Å². The second-order valence-electron chi connectivity index (χ2n) is 5.29. The summed E-state index contributed by atoms with van der Waals surface area (Å²) in [6.45, 7) is 8.12. The van der Waals surface area contributed by atoms with Gasteiger partial charge in [-0.1, -0.05) is 36.8 Å². The fraction of sp³-hybridized carbons (Fsp3) is 0.625. The number of likely N-dealkylation sites (N-methyl/N-ethyl adjacent to an activating group) is 1. The van der Waals surface area contributed by atoms with E-state index in [0.29, 0.717) is 6.04 Å². The van der Waals surface area contributed by atoms with Gasteiger partial charge in [-0.15, -0.1) is 0 Å². The number of hydrogen-bond acceptors (Lipinski definition) is 3. The Hall–Kier alpha value is -0.900. The first kappa shape index (κ1) is 16.2. The summed E-state index contributed by atoms with van der Waals surface area (Å²) in [4.78, 5) is 2.35. The second kappa shape index (κ2) is 9.08. The highest BCUT2D eigenvalue weighted by molar-refractivity contribution is 5.21. The maximum absolute atomic E-state index is 5.28. The molecule has 1 aromatic carbocycles. The van der Waals surface area contributed by atoms with E-state index in [2.05, 4.69) is 55.4 Å². The molecule has 3 heteroatoms. The van der Waals surface area contributed by atoms with Gasteiger partial charge in [0.25, 0.3) is 0 Å². The SMILES string of the molecule is CCCNC(COC)CN(C)Cc1cccc(C)c1. The molecule has 1 aromatic rings. The molecular weight excluding hydrogens is 236 g/mol. The molecule has 19 heavy (non-hydrogen) atoms. The predicted molar refractivity (Wildman–Crippen MR) is 81.5 cm³/mol. The first-order valence-electron chi connectivity index (χ1n) is 7.12. The molecule has 108 valence electrons. The van der Waals surface area contributed by atoms with Crippen molar-refractivity contribution in [2.24, 2.45) is 0 Å². The van der Waals surface area contributed by atoms with Crippen LogP contribution in [0.2, 0.25) is 0 Å². The number of benzene rings is 1. The summed E-state index contributed by atoms with van der Waals surface area (Å²) in [5, 5.41) is 3.53. The maximum Gasteiger partial charge on any atom is 0.0628 e. The van der Waals surface area contributed by atoms with E-state index in [9.17, 15) is 0 Å². The van der Waals surface area contributed by atoms with Gasteiger partial charge in [0.1, 0.15) is 0 Å². The normalized spacial score (nSPS) is 12.9. The molecule has 0 heterocycles. The Labute approximate surface area is 118 Å². The Morgan fingerprint density at radius 2 is 2.16 bits per heavy atom. The summed E-state index contributed by atoms with van der Waals surface area (Å²) in [6.07, 6.45) is 1.15. The second-order valence-corrected chi connectivity index (χ2v) is 5.29. The Morgan fingerprint density at radius 1 is 1.37 bits per heavy atom. The number of ether oxygens (including phenoxy) is 1. The van der Waals surface area contributed by atoms with Crippen LogP contribution in [0.15, 0.2) is 24.3 Å². The summed E-state index contributed by atoms with van der Waals surface area (Å²) >= 11 is 0. The third-order valence-corrected chi connectivity index (χ3v) is 3.12.